The third kappa shape index (κ3) is 2.76. The number of benzene rings is 1. The number of nitrogens with zero attached hydrogens (tertiary/aromatic N) is 1. The average molecular weight is 286 g/mol. The third-order valence-corrected chi connectivity index (χ3v) is 5.99. The van der Waals surface area contributed by atoms with Crippen LogP contribution in [0.3, 0.4) is 0 Å². The van der Waals surface area contributed by atoms with Crippen molar-refractivity contribution >= 4 is 0 Å². The molecular weight excluding hydrogens is 256 g/mol. The van der Waals surface area contributed by atoms with Crippen LogP contribution in [0.15, 0.2) is 24.3 Å². The van der Waals surface area contributed by atoms with Crippen LogP contribution in [-0.4, -0.2) is 31.1 Å². The van der Waals surface area contributed by atoms with Crippen LogP contribution >= 0.6 is 0 Å². The van der Waals surface area contributed by atoms with Crippen molar-refractivity contribution in [3.63, 3.8) is 0 Å². The number of piperidine rings is 1. The average Bonchev–Trinajstić information content (AvgIpc) is 2.50. The van der Waals surface area contributed by atoms with E-state index in [2.05, 4.69) is 62.3 Å². The van der Waals surface area contributed by atoms with Gasteiger partial charge in [-0.3, -0.25) is 4.90 Å². The maximum Gasteiger partial charge on any atom is 0.0478 e. The Morgan fingerprint density at radius 1 is 1.05 bits per heavy atom. The van der Waals surface area contributed by atoms with E-state index in [1.54, 1.807) is 5.56 Å². The van der Waals surface area contributed by atoms with Crippen molar-refractivity contribution in [1.29, 1.82) is 0 Å². The minimum Gasteiger partial charge on any atom is -0.312 e. The zero-order chi connectivity index (χ0) is 15.0. The molecule has 5 atom stereocenters. The van der Waals surface area contributed by atoms with Crippen molar-refractivity contribution < 1.29 is 0 Å². The second kappa shape index (κ2) is 6.10. The molecule has 5 unspecified atom stereocenters. The van der Waals surface area contributed by atoms with Gasteiger partial charge < -0.3 is 5.32 Å². The van der Waals surface area contributed by atoms with Gasteiger partial charge in [-0.1, -0.05) is 45.0 Å². The summed E-state index contributed by atoms with van der Waals surface area (Å²) in [6.45, 7) is 9.76. The molecule has 0 saturated carbocycles. The van der Waals surface area contributed by atoms with Gasteiger partial charge >= 0.3 is 0 Å². The maximum atomic E-state index is 3.61. The van der Waals surface area contributed by atoms with Crippen LogP contribution in [0.25, 0.3) is 0 Å². The highest BCUT2D eigenvalue weighted by Crippen LogP contribution is 2.40. The van der Waals surface area contributed by atoms with Gasteiger partial charge in [-0.15, -0.1) is 0 Å². The SMILES string of the molecule is CNC1c2ccccc2C(C)CC1N1CCC(C)C(C)C1. The monoisotopic (exact) mass is 286 g/mol. The van der Waals surface area contributed by atoms with Gasteiger partial charge in [0.05, 0.1) is 0 Å². The van der Waals surface area contributed by atoms with Crippen molar-refractivity contribution in [3.8, 4) is 0 Å². The molecule has 0 amide bonds. The highest BCUT2D eigenvalue weighted by atomic mass is 15.2. The Morgan fingerprint density at radius 3 is 2.43 bits per heavy atom. The number of likely N-dealkylation sites (tertiary alicyclic amines) is 1. The summed E-state index contributed by atoms with van der Waals surface area (Å²) in [7, 11) is 2.13. The first-order valence-electron chi connectivity index (χ1n) is 8.62. The molecule has 1 aromatic rings. The molecule has 1 saturated heterocycles. The van der Waals surface area contributed by atoms with E-state index < -0.39 is 0 Å². The molecule has 1 aliphatic carbocycles. The van der Waals surface area contributed by atoms with Gasteiger partial charge in [-0.05, 0) is 55.3 Å². The summed E-state index contributed by atoms with van der Waals surface area (Å²) in [6.07, 6.45) is 2.63. The van der Waals surface area contributed by atoms with E-state index in [1.807, 2.05) is 0 Å². The highest BCUT2D eigenvalue weighted by molar-refractivity contribution is 5.36. The van der Waals surface area contributed by atoms with Gasteiger partial charge in [0.1, 0.15) is 0 Å². The Hall–Kier alpha value is -0.860. The van der Waals surface area contributed by atoms with Crippen molar-refractivity contribution in [2.75, 3.05) is 20.1 Å². The van der Waals surface area contributed by atoms with E-state index in [9.17, 15) is 0 Å². The molecule has 0 radical (unpaired) electrons. The second-order valence-electron chi connectivity index (χ2n) is 7.34. The largest absolute Gasteiger partial charge is 0.312 e. The third-order valence-electron chi connectivity index (χ3n) is 5.99. The van der Waals surface area contributed by atoms with Crippen molar-refractivity contribution in [3.05, 3.63) is 35.4 Å². The maximum absolute atomic E-state index is 3.61. The minimum absolute atomic E-state index is 0.484. The molecule has 1 aliphatic heterocycles. The number of hydrogen-bond donors (Lipinski definition) is 1. The summed E-state index contributed by atoms with van der Waals surface area (Å²) in [6, 6.07) is 10.2. The van der Waals surface area contributed by atoms with Crippen LogP contribution in [0.5, 0.6) is 0 Å². The molecule has 0 bridgehead atoms. The first-order valence-corrected chi connectivity index (χ1v) is 8.62. The quantitative estimate of drug-likeness (QED) is 0.889. The van der Waals surface area contributed by atoms with Gasteiger partial charge in [0.2, 0.25) is 0 Å². The normalized spacial score (nSPS) is 37.2. The number of nitrogens with one attached hydrogen (secondary N) is 1. The molecular formula is C19H30N2. The standard InChI is InChI=1S/C19H30N2/c1-13-9-10-21(12-15(13)3)18-11-14(2)16-7-5-6-8-17(16)19(18)20-4/h5-8,13-15,18-20H,9-12H2,1-4H3. The summed E-state index contributed by atoms with van der Waals surface area (Å²) in [5.74, 6) is 2.37. The molecule has 1 fully saturated rings. The summed E-state index contributed by atoms with van der Waals surface area (Å²) in [4.78, 5) is 2.76. The number of fused-ring (bicyclic) bond motifs is 1. The lowest BCUT2D eigenvalue weighted by molar-refractivity contribution is 0.0648. The van der Waals surface area contributed by atoms with Crippen LogP contribution in [0, 0.1) is 11.8 Å². The number of rotatable bonds is 2. The van der Waals surface area contributed by atoms with Crippen molar-refractivity contribution in [2.24, 2.45) is 11.8 Å². The van der Waals surface area contributed by atoms with Gasteiger partial charge in [-0.2, -0.15) is 0 Å². The minimum atomic E-state index is 0.484. The van der Waals surface area contributed by atoms with Crippen LogP contribution in [0.4, 0.5) is 0 Å². The van der Waals surface area contributed by atoms with Crippen molar-refractivity contribution in [2.45, 2.75) is 51.6 Å². The predicted octanol–water partition coefficient (Wildman–Crippen LogP) is 3.80. The van der Waals surface area contributed by atoms with E-state index in [0.29, 0.717) is 18.0 Å². The number of likely N-dealkylation sites (N-methyl/N-ethyl adjacent to an activating group) is 1. The fourth-order valence-corrected chi connectivity index (χ4v) is 4.38. The summed E-state index contributed by atoms with van der Waals surface area (Å²) in [5, 5.41) is 3.61. The molecule has 1 heterocycles. The summed E-state index contributed by atoms with van der Waals surface area (Å²) in [5.41, 5.74) is 3.07. The molecule has 1 aromatic carbocycles. The fourth-order valence-electron chi connectivity index (χ4n) is 4.38. The molecule has 116 valence electrons. The Labute approximate surface area is 129 Å². The lowest BCUT2D eigenvalue weighted by atomic mass is 9.76. The highest BCUT2D eigenvalue weighted by Gasteiger charge is 2.37. The predicted molar refractivity (Wildman–Crippen MR) is 89.6 cm³/mol. The fraction of sp³-hybridized carbons (Fsp3) is 0.684. The molecule has 0 aromatic heterocycles. The Morgan fingerprint density at radius 2 is 1.76 bits per heavy atom. The Kier molecular flexibility index (Phi) is 4.37. The summed E-state index contributed by atoms with van der Waals surface area (Å²) < 4.78 is 0. The zero-order valence-corrected chi connectivity index (χ0v) is 14.0. The van der Waals surface area contributed by atoms with E-state index in [1.165, 1.54) is 31.5 Å². The first kappa shape index (κ1) is 15.1. The smallest absolute Gasteiger partial charge is 0.0478 e. The van der Waals surface area contributed by atoms with Gasteiger partial charge in [-0.25, -0.2) is 0 Å². The molecule has 1 N–H and O–H groups in total. The van der Waals surface area contributed by atoms with E-state index >= 15 is 0 Å². The first-order chi connectivity index (χ1) is 10.1. The van der Waals surface area contributed by atoms with Crippen LogP contribution in [-0.2, 0) is 0 Å². The van der Waals surface area contributed by atoms with Crippen LogP contribution < -0.4 is 5.32 Å². The molecule has 21 heavy (non-hydrogen) atoms. The molecule has 0 spiro atoms. The zero-order valence-electron chi connectivity index (χ0n) is 14.0. The van der Waals surface area contributed by atoms with Gasteiger partial charge in [0.15, 0.2) is 0 Å². The van der Waals surface area contributed by atoms with E-state index in [4.69, 9.17) is 0 Å². The van der Waals surface area contributed by atoms with E-state index in [-0.39, 0.29) is 0 Å². The Balaban J connectivity index is 1.86. The van der Waals surface area contributed by atoms with Crippen molar-refractivity contribution in [1.82, 2.24) is 10.2 Å². The lowest BCUT2D eigenvalue weighted by Crippen LogP contribution is -2.51. The van der Waals surface area contributed by atoms with Gasteiger partial charge in [0.25, 0.3) is 0 Å². The Bertz CT molecular complexity index is 484. The topological polar surface area (TPSA) is 15.3 Å². The van der Waals surface area contributed by atoms with Crippen LogP contribution in [0.1, 0.15) is 56.7 Å². The molecule has 2 aliphatic rings. The lowest BCUT2D eigenvalue weighted by Gasteiger charge is -2.47. The van der Waals surface area contributed by atoms with Gasteiger partial charge in [0, 0.05) is 18.6 Å². The molecule has 3 rings (SSSR count). The number of hydrogen-bond acceptors (Lipinski definition) is 2. The van der Waals surface area contributed by atoms with Crippen LogP contribution in [0.2, 0.25) is 0 Å². The summed E-state index contributed by atoms with van der Waals surface area (Å²) >= 11 is 0. The second-order valence-corrected chi connectivity index (χ2v) is 7.34. The molecule has 2 nitrogen and oxygen atoms in total. The molecule has 2 heteroatoms. The van der Waals surface area contributed by atoms with E-state index in [0.717, 1.165) is 11.8 Å².